The molecule has 0 aliphatic heterocycles. The van der Waals surface area contributed by atoms with Crippen molar-refractivity contribution in [1.82, 2.24) is 0 Å². The molecule has 0 fully saturated rings. The van der Waals surface area contributed by atoms with Crippen LogP contribution in [-0.4, -0.2) is 33.5 Å². The minimum Gasteiger partial charge on any atom is -0.497 e. The number of benzene rings is 1. The summed E-state index contributed by atoms with van der Waals surface area (Å²) in [6, 6.07) is 8.32. The highest BCUT2D eigenvalue weighted by Crippen LogP contribution is 2.43. The summed E-state index contributed by atoms with van der Waals surface area (Å²) < 4.78 is 85.4. The van der Waals surface area contributed by atoms with Crippen molar-refractivity contribution in [2.75, 3.05) is 7.11 Å². The van der Waals surface area contributed by atoms with Crippen LogP contribution in [0.5, 0.6) is 5.75 Å². The summed E-state index contributed by atoms with van der Waals surface area (Å²) in [6.45, 7) is 5.51. The van der Waals surface area contributed by atoms with Gasteiger partial charge >= 0.3 is 18.3 Å². The second-order valence-electron chi connectivity index (χ2n) is 6.58. The van der Waals surface area contributed by atoms with Crippen LogP contribution in [0.4, 0.5) is 26.3 Å². The van der Waals surface area contributed by atoms with Crippen LogP contribution < -0.4 is 4.74 Å². The Labute approximate surface area is 157 Å². The van der Waals surface area contributed by atoms with Crippen molar-refractivity contribution in [3.8, 4) is 5.75 Å². The Morgan fingerprint density at radius 3 is 1.85 bits per heavy atom. The summed E-state index contributed by atoms with van der Waals surface area (Å²) in [5.41, 5.74) is 0.644. The van der Waals surface area contributed by atoms with Gasteiger partial charge in [0.2, 0.25) is 0 Å². The van der Waals surface area contributed by atoms with Crippen molar-refractivity contribution in [3.05, 3.63) is 41.1 Å². The molecule has 154 valence electrons. The first-order chi connectivity index (χ1) is 12.5. The van der Waals surface area contributed by atoms with E-state index in [4.69, 9.17) is 4.74 Å². The van der Waals surface area contributed by atoms with Crippen molar-refractivity contribution in [2.45, 2.75) is 63.6 Å². The maximum Gasteiger partial charge on any atom is 0.372 e. The highest BCUT2D eigenvalue weighted by molar-refractivity contribution is 6.86. The molecule has 0 radical (unpaired) electrons. The Morgan fingerprint density at radius 1 is 1.00 bits per heavy atom. The van der Waals surface area contributed by atoms with E-state index in [0.717, 1.165) is 0 Å². The molecule has 0 unspecified atom stereocenters. The number of rotatable bonds is 10. The van der Waals surface area contributed by atoms with Crippen LogP contribution in [0.1, 0.15) is 26.3 Å². The maximum atomic E-state index is 14.2. The zero-order valence-electron chi connectivity index (χ0n) is 16.0. The molecule has 1 rings (SSSR count). The molecule has 0 spiro atoms. The van der Waals surface area contributed by atoms with Crippen LogP contribution in [0.25, 0.3) is 0 Å². The van der Waals surface area contributed by atoms with Crippen molar-refractivity contribution in [3.63, 3.8) is 0 Å². The summed E-state index contributed by atoms with van der Waals surface area (Å²) in [7, 11) is -1.02. The monoisotopic (exact) mass is 412 g/mol. The molecule has 1 nitrogen and oxygen atoms in total. The average molecular weight is 412 g/mol. The topological polar surface area (TPSA) is 9.23 Å². The molecule has 0 heterocycles. The van der Waals surface area contributed by atoms with Gasteiger partial charge in [-0.1, -0.05) is 56.2 Å². The molecule has 0 aromatic heterocycles. The quantitative estimate of drug-likeness (QED) is 0.305. The largest absolute Gasteiger partial charge is 0.497 e. The Morgan fingerprint density at radius 2 is 1.48 bits per heavy atom. The molecular formula is C19H26F6OSi. The van der Waals surface area contributed by atoms with Gasteiger partial charge in [0.1, 0.15) is 5.75 Å². The third-order valence-corrected chi connectivity index (χ3v) is 11.1. The number of halogens is 6. The number of hydrogen-bond acceptors (Lipinski definition) is 1. The number of alkyl halides is 6. The Kier molecular flexibility index (Phi) is 8.01. The lowest BCUT2D eigenvalue weighted by molar-refractivity contribution is -0.241. The van der Waals surface area contributed by atoms with Crippen LogP contribution >= 0.6 is 0 Å². The highest BCUT2D eigenvalue weighted by atomic mass is 28.3. The molecule has 0 saturated carbocycles. The fourth-order valence-corrected chi connectivity index (χ4v) is 7.18. The Bertz CT molecular complexity index is 615. The van der Waals surface area contributed by atoms with Gasteiger partial charge in [-0.25, -0.2) is 8.78 Å². The average Bonchev–Trinajstić information content (AvgIpc) is 2.63. The maximum absolute atomic E-state index is 14.2. The van der Waals surface area contributed by atoms with Crippen molar-refractivity contribution >= 4 is 8.07 Å². The van der Waals surface area contributed by atoms with Gasteiger partial charge in [0.05, 0.1) is 15.2 Å². The molecule has 0 atom stereocenters. The molecular weight excluding hydrogens is 386 g/mol. The van der Waals surface area contributed by atoms with Gasteiger partial charge in [-0.15, -0.1) is 0 Å². The molecule has 27 heavy (non-hydrogen) atoms. The van der Waals surface area contributed by atoms with Crippen LogP contribution in [-0.2, 0) is 6.42 Å². The van der Waals surface area contributed by atoms with E-state index in [1.54, 1.807) is 24.3 Å². The van der Waals surface area contributed by atoms with Gasteiger partial charge in [-0.05, 0) is 30.2 Å². The molecule has 0 bridgehead atoms. The molecule has 0 N–H and O–H groups in total. The molecule has 0 amide bonds. The standard InChI is InChI=1S/C19H26F6OSi/c1-5-27(6-2,7-3)16(12-14-8-10-15(26-4)11-9-14)13-18(22,23)19(24,25)17(20)21/h8-11,13,17H,5-7,12H2,1-4H3/b16-13+. The normalized spacial score (nSPS) is 14.0. The number of hydrogen-bond donors (Lipinski definition) is 0. The minimum atomic E-state index is -5.41. The van der Waals surface area contributed by atoms with Crippen LogP contribution in [0.3, 0.4) is 0 Å². The first-order valence-corrected chi connectivity index (χ1v) is 11.5. The first kappa shape index (κ1) is 23.6. The molecule has 0 aliphatic carbocycles. The summed E-state index contributed by atoms with van der Waals surface area (Å²) >= 11 is 0. The van der Waals surface area contributed by atoms with Crippen LogP contribution in [0.15, 0.2) is 35.5 Å². The van der Waals surface area contributed by atoms with Gasteiger partial charge in [0, 0.05) is 0 Å². The SMILES string of the molecule is CC[Si](CC)(CC)/C(=C/C(F)(F)C(F)(F)C(F)F)Cc1ccc(OC)cc1. The number of allylic oxidation sites excluding steroid dienone is 2. The second-order valence-corrected chi connectivity index (χ2v) is 11.9. The molecule has 0 aliphatic rings. The van der Waals surface area contributed by atoms with Gasteiger partial charge in [-0.3, -0.25) is 0 Å². The zero-order chi connectivity index (χ0) is 20.9. The van der Waals surface area contributed by atoms with Crippen LogP contribution in [0, 0.1) is 0 Å². The minimum absolute atomic E-state index is 0.0284. The zero-order valence-corrected chi connectivity index (χ0v) is 17.0. The fourth-order valence-electron chi connectivity index (χ4n) is 3.25. The van der Waals surface area contributed by atoms with E-state index in [1.165, 1.54) is 7.11 Å². The third-order valence-electron chi connectivity index (χ3n) is 5.34. The van der Waals surface area contributed by atoms with E-state index in [-0.39, 0.29) is 17.7 Å². The van der Waals surface area contributed by atoms with E-state index >= 15 is 0 Å². The third kappa shape index (κ3) is 5.09. The number of ether oxygens (including phenoxy) is 1. The lowest BCUT2D eigenvalue weighted by atomic mass is 10.1. The second kappa shape index (κ2) is 9.17. The summed E-state index contributed by atoms with van der Waals surface area (Å²) in [4.78, 5) is 0. The predicted octanol–water partition coefficient (Wildman–Crippen LogP) is 6.75. The van der Waals surface area contributed by atoms with E-state index in [1.807, 2.05) is 20.8 Å². The van der Waals surface area contributed by atoms with Crippen molar-refractivity contribution < 1.29 is 31.1 Å². The lowest BCUT2D eigenvalue weighted by Crippen LogP contribution is -2.47. The summed E-state index contributed by atoms with van der Waals surface area (Å²) in [6.07, 6.45) is -4.28. The van der Waals surface area contributed by atoms with E-state index in [9.17, 15) is 26.3 Å². The van der Waals surface area contributed by atoms with E-state index < -0.39 is 26.3 Å². The summed E-state index contributed by atoms with van der Waals surface area (Å²) in [5.74, 6) is -9.75. The van der Waals surface area contributed by atoms with Crippen molar-refractivity contribution in [1.29, 1.82) is 0 Å². The van der Waals surface area contributed by atoms with Gasteiger partial charge in [0.25, 0.3) is 0 Å². The lowest BCUT2D eigenvalue weighted by Gasteiger charge is -2.34. The summed E-state index contributed by atoms with van der Waals surface area (Å²) in [5, 5.41) is 0.186. The Hall–Kier alpha value is -1.44. The molecule has 1 aromatic rings. The smallest absolute Gasteiger partial charge is 0.372 e. The number of methoxy groups -OCH3 is 1. The van der Waals surface area contributed by atoms with Gasteiger partial charge in [-0.2, -0.15) is 17.6 Å². The van der Waals surface area contributed by atoms with Crippen LogP contribution in [0.2, 0.25) is 18.1 Å². The van der Waals surface area contributed by atoms with Gasteiger partial charge < -0.3 is 4.74 Å². The van der Waals surface area contributed by atoms with Crippen molar-refractivity contribution in [2.24, 2.45) is 0 Å². The molecule has 0 saturated heterocycles. The van der Waals surface area contributed by atoms with E-state index in [0.29, 0.717) is 29.4 Å². The first-order valence-electron chi connectivity index (χ1n) is 8.88. The fraction of sp³-hybridized carbons (Fsp3) is 0.579. The Balaban J connectivity index is 3.44. The molecule has 8 heteroatoms. The molecule has 1 aromatic carbocycles. The van der Waals surface area contributed by atoms with Gasteiger partial charge in [0.15, 0.2) is 0 Å². The van der Waals surface area contributed by atoms with E-state index in [2.05, 4.69) is 0 Å². The highest BCUT2D eigenvalue weighted by Gasteiger charge is 2.62. The predicted molar refractivity (Wildman–Crippen MR) is 97.9 cm³/mol.